The maximum absolute atomic E-state index is 11.5. The number of ether oxygens (including phenoxy) is 1. The van der Waals surface area contributed by atoms with Crippen LogP contribution < -0.4 is 0 Å². The summed E-state index contributed by atoms with van der Waals surface area (Å²) < 4.78 is 5.17. The SMILES string of the molecule is CC(C)(C)OC(=O)C=Cc1cnc(C(C)(C)C)[nH]1. The Bertz CT molecular complexity index is 445. The summed E-state index contributed by atoms with van der Waals surface area (Å²) >= 11 is 0. The average molecular weight is 250 g/mol. The highest BCUT2D eigenvalue weighted by Gasteiger charge is 2.17. The van der Waals surface area contributed by atoms with Gasteiger partial charge >= 0.3 is 5.97 Å². The fraction of sp³-hybridized carbons (Fsp3) is 0.571. The molecule has 0 bridgehead atoms. The Morgan fingerprint density at radius 2 is 1.89 bits per heavy atom. The number of nitrogens with zero attached hydrogens (tertiary/aromatic N) is 1. The zero-order valence-corrected chi connectivity index (χ0v) is 12.0. The number of aromatic nitrogens is 2. The highest BCUT2D eigenvalue weighted by Crippen LogP contribution is 2.18. The maximum atomic E-state index is 11.5. The van der Waals surface area contributed by atoms with Crippen LogP contribution >= 0.6 is 0 Å². The fourth-order valence-corrected chi connectivity index (χ4v) is 1.29. The van der Waals surface area contributed by atoms with Gasteiger partial charge in [0.25, 0.3) is 0 Å². The molecule has 1 aromatic heterocycles. The number of rotatable bonds is 2. The summed E-state index contributed by atoms with van der Waals surface area (Å²) in [5.74, 6) is 0.542. The molecule has 1 aromatic rings. The number of nitrogens with one attached hydrogen (secondary N) is 1. The van der Waals surface area contributed by atoms with E-state index in [-0.39, 0.29) is 11.4 Å². The van der Waals surface area contributed by atoms with E-state index in [1.165, 1.54) is 6.08 Å². The molecule has 18 heavy (non-hydrogen) atoms. The van der Waals surface area contributed by atoms with Crippen LogP contribution in [0.1, 0.15) is 53.1 Å². The van der Waals surface area contributed by atoms with Gasteiger partial charge in [-0.05, 0) is 26.8 Å². The van der Waals surface area contributed by atoms with Crippen molar-refractivity contribution in [1.29, 1.82) is 0 Å². The average Bonchev–Trinajstić information content (AvgIpc) is 2.59. The number of carbonyl (C=O) groups is 1. The Labute approximate surface area is 108 Å². The summed E-state index contributed by atoms with van der Waals surface area (Å²) in [6.07, 6.45) is 4.79. The van der Waals surface area contributed by atoms with E-state index in [1.807, 2.05) is 20.8 Å². The molecule has 0 aliphatic heterocycles. The zero-order chi connectivity index (χ0) is 14.0. The van der Waals surface area contributed by atoms with E-state index in [0.29, 0.717) is 0 Å². The molecule has 1 N–H and O–H groups in total. The molecule has 0 amide bonds. The lowest BCUT2D eigenvalue weighted by Crippen LogP contribution is -2.22. The smallest absolute Gasteiger partial charge is 0.331 e. The topological polar surface area (TPSA) is 55.0 Å². The molecule has 0 atom stereocenters. The molecule has 0 aliphatic carbocycles. The highest BCUT2D eigenvalue weighted by atomic mass is 16.6. The Balaban J connectivity index is 2.68. The first-order valence-electron chi connectivity index (χ1n) is 6.04. The van der Waals surface area contributed by atoms with Crippen LogP contribution in [0.2, 0.25) is 0 Å². The Hall–Kier alpha value is -1.58. The van der Waals surface area contributed by atoms with Crippen molar-refractivity contribution in [3.63, 3.8) is 0 Å². The monoisotopic (exact) mass is 250 g/mol. The number of aromatic amines is 1. The zero-order valence-electron chi connectivity index (χ0n) is 12.0. The van der Waals surface area contributed by atoms with Gasteiger partial charge in [-0.1, -0.05) is 20.8 Å². The first-order chi connectivity index (χ1) is 8.08. The quantitative estimate of drug-likeness (QED) is 0.648. The van der Waals surface area contributed by atoms with Gasteiger partial charge < -0.3 is 9.72 Å². The van der Waals surface area contributed by atoms with E-state index in [0.717, 1.165) is 11.5 Å². The van der Waals surface area contributed by atoms with E-state index < -0.39 is 5.60 Å². The molecule has 0 spiro atoms. The van der Waals surface area contributed by atoms with Gasteiger partial charge in [-0.25, -0.2) is 9.78 Å². The minimum Gasteiger partial charge on any atom is -0.457 e. The summed E-state index contributed by atoms with van der Waals surface area (Å²) in [6, 6.07) is 0. The Morgan fingerprint density at radius 3 is 2.33 bits per heavy atom. The van der Waals surface area contributed by atoms with Crippen LogP contribution in [0.15, 0.2) is 12.3 Å². The molecule has 0 saturated carbocycles. The van der Waals surface area contributed by atoms with Gasteiger partial charge in [-0.2, -0.15) is 0 Å². The molecule has 0 unspecified atom stereocenters. The third kappa shape index (κ3) is 4.73. The van der Waals surface area contributed by atoms with Crippen LogP contribution in [0, 0.1) is 0 Å². The van der Waals surface area contributed by atoms with Crippen molar-refractivity contribution in [2.24, 2.45) is 0 Å². The van der Waals surface area contributed by atoms with Gasteiger partial charge in [-0.15, -0.1) is 0 Å². The van der Waals surface area contributed by atoms with Crippen LogP contribution in [0.5, 0.6) is 0 Å². The lowest BCUT2D eigenvalue weighted by Gasteiger charge is -2.17. The Morgan fingerprint density at radius 1 is 1.28 bits per heavy atom. The minimum absolute atomic E-state index is 0.0298. The van der Waals surface area contributed by atoms with Crippen LogP contribution in [0.4, 0.5) is 0 Å². The van der Waals surface area contributed by atoms with Crippen molar-refractivity contribution >= 4 is 12.0 Å². The van der Waals surface area contributed by atoms with E-state index in [1.54, 1.807) is 12.3 Å². The van der Waals surface area contributed by atoms with E-state index in [2.05, 4.69) is 30.7 Å². The van der Waals surface area contributed by atoms with Crippen LogP contribution in [-0.4, -0.2) is 21.5 Å². The normalized spacial score (nSPS) is 13.0. The lowest BCUT2D eigenvalue weighted by atomic mass is 9.96. The summed E-state index contributed by atoms with van der Waals surface area (Å²) in [6.45, 7) is 11.7. The molecule has 0 fully saturated rings. The van der Waals surface area contributed by atoms with Crippen molar-refractivity contribution in [3.05, 3.63) is 23.8 Å². The Kier molecular flexibility index (Phi) is 3.99. The van der Waals surface area contributed by atoms with E-state index >= 15 is 0 Å². The van der Waals surface area contributed by atoms with E-state index in [9.17, 15) is 4.79 Å². The largest absolute Gasteiger partial charge is 0.457 e. The molecule has 0 aromatic carbocycles. The second-order valence-corrected chi connectivity index (χ2v) is 6.30. The summed E-state index contributed by atoms with van der Waals surface area (Å²) in [4.78, 5) is 18.9. The van der Waals surface area contributed by atoms with Crippen LogP contribution in [0.3, 0.4) is 0 Å². The fourth-order valence-electron chi connectivity index (χ4n) is 1.29. The minimum atomic E-state index is -0.466. The molecule has 1 rings (SSSR count). The molecular formula is C14H22N2O2. The van der Waals surface area contributed by atoms with Gasteiger partial charge in [0.05, 0.1) is 11.9 Å². The number of carbonyl (C=O) groups excluding carboxylic acids is 1. The molecule has 0 aliphatic rings. The summed E-state index contributed by atoms with van der Waals surface area (Å²) in [5, 5.41) is 0. The maximum Gasteiger partial charge on any atom is 0.331 e. The molecule has 4 heteroatoms. The number of imidazole rings is 1. The molecule has 0 radical (unpaired) electrons. The third-order valence-electron chi connectivity index (χ3n) is 2.11. The van der Waals surface area contributed by atoms with Gasteiger partial charge in [-0.3, -0.25) is 0 Å². The van der Waals surface area contributed by atoms with Crippen molar-refractivity contribution < 1.29 is 9.53 Å². The third-order valence-corrected chi connectivity index (χ3v) is 2.11. The summed E-state index contributed by atoms with van der Waals surface area (Å²) in [7, 11) is 0. The van der Waals surface area contributed by atoms with E-state index in [4.69, 9.17) is 4.74 Å². The second kappa shape index (κ2) is 4.96. The molecule has 0 saturated heterocycles. The predicted octanol–water partition coefficient (Wildman–Crippen LogP) is 3.06. The number of hydrogen-bond donors (Lipinski definition) is 1. The first-order valence-corrected chi connectivity index (χ1v) is 6.04. The number of H-pyrrole nitrogens is 1. The van der Waals surface area contributed by atoms with Gasteiger partial charge in [0.15, 0.2) is 0 Å². The number of esters is 1. The first kappa shape index (κ1) is 14.5. The summed E-state index contributed by atoms with van der Waals surface area (Å²) in [5.41, 5.74) is 0.301. The molecule has 100 valence electrons. The van der Waals surface area contributed by atoms with Crippen LogP contribution in [0.25, 0.3) is 6.08 Å². The molecule has 4 nitrogen and oxygen atoms in total. The van der Waals surface area contributed by atoms with Gasteiger partial charge in [0, 0.05) is 11.5 Å². The highest BCUT2D eigenvalue weighted by molar-refractivity contribution is 5.86. The second-order valence-electron chi connectivity index (χ2n) is 6.30. The molecular weight excluding hydrogens is 228 g/mol. The standard InChI is InChI=1S/C14H22N2O2/c1-13(2,3)12-15-9-10(16-12)7-8-11(17)18-14(4,5)6/h7-9H,1-6H3,(H,15,16). The van der Waals surface area contributed by atoms with Crippen molar-refractivity contribution in [2.45, 2.75) is 52.6 Å². The van der Waals surface area contributed by atoms with Crippen molar-refractivity contribution in [3.8, 4) is 0 Å². The van der Waals surface area contributed by atoms with Crippen molar-refractivity contribution in [2.75, 3.05) is 0 Å². The lowest BCUT2D eigenvalue weighted by molar-refractivity contribution is -0.148. The van der Waals surface area contributed by atoms with Gasteiger partial charge in [0.1, 0.15) is 11.4 Å². The van der Waals surface area contributed by atoms with Gasteiger partial charge in [0.2, 0.25) is 0 Å². The van der Waals surface area contributed by atoms with Crippen LogP contribution in [-0.2, 0) is 14.9 Å². The van der Waals surface area contributed by atoms with Crippen molar-refractivity contribution in [1.82, 2.24) is 9.97 Å². The predicted molar refractivity (Wildman–Crippen MR) is 72.2 cm³/mol. The molecule has 1 heterocycles. The number of hydrogen-bond acceptors (Lipinski definition) is 3.